The molecule has 0 atom stereocenters. The molecule has 122 valence electrons. The van der Waals surface area contributed by atoms with Gasteiger partial charge in [-0.25, -0.2) is 13.1 Å². The number of H-pyrrole nitrogens is 1. The first-order valence-electron chi connectivity index (χ1n) is 7.36. The topological polar surface area (TPSA) is 86.9 Å². The molecule has 0 bridgehead atoms. The van der Waals surface area contributed by atoms with Crippen LogP contribution in [-0.4, -0.2) is 31.7 Å². The Morgan fingerprint density at radius 1 is 1.33 bits per heavy atom. The smallest absolute Gasteiger partial charge is 0.260 e. The number of nitrogens with one attached hydrogen (secondary N) is 3. The van der Waals surface area contributed by atoms with Gasteiger partial charge in [0.25, 0.3) is 10.0 Å². The summed E-state index contributed by atoms with van der Waals surface area (Å²) in [4.78, 5) is 0. The lowest BCUT2D eigenvalue weighted by molar-refractivity contribution is 0.252. The van der Waals surface area contributed by atoms with Gasteiger partial charge in [0.15, 0.2) is 5.03 Å². The average molecular weight is 316 g/mol. The number of hydrogen-bond acceptors (Lipinski definition) is 4. The zero-order valence-corrected chi connectivity index (χ0v) is 14.7. The summed E-state index contributed by atoms with van der Waals surface area (Å²) in [5.74, 6) is 0.377. The Balaban J connectivity index is 2.93. The highest BCUT2D eigenvalue weighted by molar-refractivity contribution is 7.89. The molecule has 0 spiro atoms. The van der Waals surface area contributed by atoms with Crippen LogP contribution in [-0.2, 0) is 16.6 Å². The van der Waals surface area contributed by atoms with E-state index < -0.39 is 10.0 Å². The van der Waals surface area contributed by atoms with Gasteiger partial charge in [-0.05, 0) is 24.8 Å². The number of rotatable bonds is 8. The standard InChI is InChI=1S/C14H28N4O2S/c1-7-15-8-12-11(4)17-18-13(12)21(19,20)16-9-14(5,6)10(2)3/h10,15-16H,7-9H2,1-6H3,(H,17,18). The van der Waals surface area contributed by atoms with Crippen molar-refractivity contribution in [1.82, 2.24) is 20.2 Å². The maximum Gasteiger partial charge on any atom is 0.260 e. The Kier molecular flexibility index (Phi) is 5.95. The van der Waals surface area contributed by atoms with Crippen molar-refractivity contribution in [2.24, 2.45) is 11.3 Å². The third kappa shape index (κ3) is 4.52. The zero-order valence-electron chi connectivity index (χ0n) is 13.9. The molecular weight excluding hydrogens is 288 g/mol. The Hall–Kier alpha value is -0.920. The number of aromatic amines is 1. The van der Waals surface area contributed by atoms with E-state index in [0.717, 1.165) is 12.2 Å². The van der Waals surface area contributed by atoms with Gasteiger partial charge in [-0.15, -0.1) is 0 Å². The summed E-state index contributed by atoms with van der Waals surface area (Å²) in [5, 5.41) is 9.97. The predicted molar refractivity (Wildman–Crippen MR) is 84.5 cm³/mol. The van der Waals surface area contributed by atoms with Crippen molar-refractivity contribution in [3.8, 4) is 0 Å². The lowest BCUT2D eigenvalue weighted by atomic mass is 9.81. The van der Waals surface area contributed by atoms with Crippen LogP contribution in [0.4, 0.5) is 0 Å². The summed E-state index contributed by atoms with van der Waals surface area (Å²) in [6.07, 6.45) is 0. The minimum absolute atomic E-state index is 0.0977. The van der Waals surface area contributed by atoms with E-state index in [1.54, 1.807) is 0 Å². The highest BCUT2D eigenvalue weighted by atomic mass is 32.2. The van der Waals surface area contributed by atoms with E-state index in [4.69, 9.17) is 0 Å². The molecule has 0 radical (unpaired) electrons. The maximum atomic E-state index is 12.5. The van der Waals surface area contributed by atoms with Crippen LogP contribution in [0.5, 0.6) is 0 Å². The van der Waals surface area contributed by atoms with E-state index in [-0.39, 0.29) is 10.4 Å². The highest BCUT2D eigenvalue weighted by Crippen LogP contribution is 2.25. The molecule has 1 aromatic rings. The molecule has 0 aliphatic heterocycles. The van der Waals surface area contributed by atoms with E-state index >= 15 is 0 Å². The lowest BCUT2D eigenvalue weighted by Gasteiger charge is -2.29. The van der Waals surface area contributed by atoms with Crippen LogP contribution in [0.25, 0.3) is 0 Å². The molecule has 0 amide bonds. The van der Waals surface area contributed by atoms with Crippen LogP contribution in [0.2, 0.25) is 0 Å². The minimum Gasteiger partial charge on any atom is -0.313 e. The van der Waals surface area contributed by atoms with E-state index in [2.05, 4.69) is 47.9 Å². The first-order chi connectivity index (χ1) is 9.62. The van der Waals surface area contributed by atoms with E-state index in [9.17, 15) is 8.42 Å². The molecule has 0 saturated heterocycles. The number of sulfonamides is 1. The second-order valence-electron chi connectivity index (χ2n) is 6.38. The van der Waals surface area contributed by atoms with Gasteiger partial charge in [0.05, 0.1) is 0 Å². The van der Waals surface area contributed by atoms with Crippen molar-refractivity contribution < 1.29 is 8.42 Å². The monoisotopic (exact) mass is 316 g/mol. The second-order valence-corrected chi connectivity index (χ2v) is 8.06. The molecule has 0 unspecified atom stereocenters. The Morgan fingerprint density at radius 2 is 1.95 bits per heavy atom. The number of nitrogens with zero attached hydrogens (tertiary/aromatic N) is 1. The van der Waals surface area contributed by atoms with Crippen LogP contribution in [0.1, 0.15) is 45.9 Å². The number of aryl methyl sites for hydroxylation is 1. The zero-order chi connectivity index (χ0) is 16.3. The van der Waals surface area contributed by atoms with Crippen LogP contribution >= 0.6 is 0 Å². The molecule has 1 heterocycles. The minimum atomic E-state index is -3.60. The van der Waals surface area contributed by atoms with Gasteiger partial charge < -0.3 is 5.32 Å². The molecule has 7 heteroatoms. The van der Waals surface area contributed by atoms with Crippen molar-refractivity contribution >= 4 is 10.0 Å². The summed E-state index contributed by atoms with van der Waals surface area (Å²) in [6, 6.07) is 0. The molecule has 0 aliphatic rings. The molecule has 6 nitrogen and oxygen atoms in total. The van der Waals surface area contributed by atoms with Crippen LogP contribution < -0.4 is 10.0 Å². The normalized spacial score (nSPS) is 13.1. The van der Waals surface area contributed by atoms with Crippen LogP contribution in [0, 0.1) is 18.3 Å². The summed E-state index contributed by atoms with van der Waals surface area (Å²) in [5.41, 5.74) is 1.37. The predicted octanol–water partition coefficient (Wildman–Crippen LogP) is 1.79. The van der Waals surface area contributed by atoms with E-state index in [1.165, 1.54) is 0 Å². The molecule has 1 aromatic heterocycles. The van der Waals surface area contributed by atoms with Crippen LogP contribution in [0.15, 0.2) is 5.03 Å². The Labute approximate surface area is 128 Å². The van der Waals surface area contributed by atoms with Gasteiger partial charge in [0, 0.05) is 24.3 Å². The van der Waals surface area contributed by atoms with E-state index in [1.807, 2.05) is 13.8 Å². The quantitative estimate of drug-likeness (QED) is 0.682. The molecule has 1 rings (SSSR count). The van der Waals surface area contributed by atoms with Gasteiger partial charge in [-0.2, -0.15) is 5.10 Å². The maximum absolute atomic E-state index is 12.5. The molecule has 0 aliphatic carbocycles. The largest absolute Gasteiger partial charge is 0.313 e. The SMILES string of the molecule is CCNCc1c(S(=O)(=O)NCC(C)(C)C(C)C)n[nH]c1C. The number of hydrogen-bond donors (Lipinski definition) is 3. The fourth-order valence-electron chi connectivity index (χ4n) is 1.66. The third-order valence-corrected chi connectivity index (χ3v) is 5.49. The van der Waals surface area contributed by atoms with Gasteiger partial charge >= 0.3 is 0 Å². The van der Waals surface area contributed by atoms with Crippen LogP contribution in [0.3, 0.4) is 0 Å². The molecule has 0 aromatic carbocycles. The van der Waals surface area contributed by atoms with Gasteiger partial charge in [-0.1, -0.05) is 34.6 Å². The third-order valence-electron chi connectivity index (χ3n) is 4.12. The molecule has 3 N–H and O–H groups in total. The molecule has 21 heavy (non-hydrogen) atoms. The first-order valence-corrected chi connectivity index (χ1v) is 8.84. The first kappa shape index (κ1) is 18.1. The highest BCUT2D eigenvalue weighted by Gasteiger charge is 2.28. The van der Waals surface area contributed by atoms with Crippen molar-refractivity contribution in [2.75, 3.05) is 13.1 Å². The Bertz CT molecular complexity index is 562. The van der Waals surface area contributed by atoms with Crippen molar-refractivity contribution in [1.29, 1.82) is 0 Å². The fourth-order valence-corrected chi connectivity index (χ4v) is 3.08. The lowest BCUT2D eigenvalue weighted by Crippen LogP contribution is -2.37. The summed E-state index contributed by atoms with van der Waals surface area (Å²) in [7, 11) is -3.60. The summed E-state index contributed by atoms with van der Waals surface area (Å²) >= 11 is 0. The van der Waals surface area contributed by atoms with Crippen molar-refractivity contribution in [2.45, 2.75) is 53.1 Å². The Morgan fingerprint density at radius 3 is 2.48 bits per heavy atom. The van der Waals surface area contributed by atoms with E-state index in [0.29, 0.717) is 24.6 Å². The average Bonchev–Trinajstić information content (AvgIpc) is 2.76. The second kappa shape index (κ2) is 6.89. The summed E-state index contributed by atoms with van der Waals surface area (Å²) < 4.78 is 27.6. The van der Waals surface area contributed by atoms with Gasteiger partial charge in [-0.3, -0.25) is 5.10 Å². The van der Waals surface area contributed by atoms with Gasteiger partial charge in [0.1, 0.15) is 0 Å². The fraction of sp³-hybridized carbons (Fsp3) is 0.786. The van der Waals surface area contributed by atoms with Crippen molar-refractivity contribution in [3.05, 3.63) is 11.3 Å². The molecule has 0 saturated carbocycles. The molecular formula is C14H28N4O2S. The van der Waals surface area contributed by atoms with Crippen molar-refractivity contribution in [3.63, 3.8) is 0 Å². The van der Waals surface area contributed by atoms with Gasteiger partial charge in [0.2, 0.25) is 0 Å². The molecule has 0 fully saturated rings. The number of aromatic nitrogens is 2. The summed E-state index contributed by atoms with van der Waals surface area (Å²) in [6.45, 7) is 13.7.